The van der Waals surface area contributed by atoms with Crippen LogP contribution in [0.4, 0.5) is 5.69 Å². The summed E-state index contributed by atoms with van der Waals surface area (Å²) in [6.07, 6.45) is 0. The monoisotopic (exact) mass is 614 g/mol. The highest BCUT2D eigenvalue weighted by atomic mass is 32.2. The van der Waals surface area contributed by atoms with E-state index in [2.05, 4.69) is 15.3 Å². The molecule has 1 atom stereocenters. The highest BCUT2D eigenvalue weighted by Crippen LogP contribution is 2.37. The number of hydrogen-bond donors (Lipinski definition) is 1. The van der Waals surface area contributed by atoms with Gasteiger partial charge in [0.25, 0.3) is 5.91 Å². The van der Waals surface area contributed by atoms with E-state index in [1.165, 1.54) is 18.9 Å². The standard InChI is InChI=1S/C33H34N4O6S/c1-20-8-6-7-9-24(20)17-37(30(38)18-44-33-34-21(2)14-22(3)35-33)31(23-10-12-26(40-4)28(15-23)41-5)32(39)36-25-11-13-27-29(16-25)43-19-42-27/h6-16,31H,17-19H2,1-5H3,(H,36,39)/t31-/m0/s1. The minimum Gasteiger partial charge on any atom is -0.493 e. The molecule has 4 aromatic rings. The lowest BCUT2D eigenvalue weighted by Gasteiger charge is -2.32. The van der Waals surface area contributed by atoms with Crippen LogP contribution in [0.15, 0.2) is 71.9 Å². The van der Waals surface area contributed by atoms with Crippen LogP contribution in [0.25, 0.3) is 0 Å². The van der Waals surface area contributed by atoms with Gasteiger partial charge in [0.2, 0.25) is 12.7 Å². The molecular formula is C33H34N4O6S. The first kappa shape index (κ1) is 30.7. The van der Waals surface area contributed by atoms with Gasteiger partial charge in [-0.1, -0.05) is 42.1 Å². The third-order valence-corrected chi connectivity index (χ3v) is 7.96. The number of thioether (sulfide) groups is 1. The van der Waals surface area contributed by atoms with Crippen molar-refractivity contribution in [3.8, 4) is 23.0 Å². The van der Waals surface area contributed by atoms with Gasteiger partial charge in [0.15, 0.2) is 28.2 Å². The van der Waals surface area contributed by atoms with Gasteiger partial charge in [-0.2, -0.15) is 0 Å². The van der Waals surface area contributed by atoms with E-state index in [0.29, 0.717) is 39.4 Å². The van der Waals surface area contributed by atoms with E-state index in [9.17, 15) is 9.59 Å². The molecule has 1 N–H and O–H groups in total. The number of carbonyl (C=O) groups excluding carboxylic acids is 2. The molecule has 44 heavy (non-hydrogen) atoms. The van der Waals surface area contributed by atoms with Crippen LogP contribution in [-0.2, 0) is 16.1 Å². The van der Waals surface area contributed by atoms with E-state index in [1.54, 1.807) is 48.4 Å². The van der Waals surface area contributed by atoms with E-state index in [-0.39, 0.29) is 25.0 Å². The molecule has 10 nitrogen and oxygen atoms in total. The topological polar surface area (TPSA) is 112 Å². The number of fused-ring (bicyclic) bond motifs is 1. The fraction of sp³-hybridized carbons (Fsp3) is 0.273. The lowest BCUT2D eigenvalue weighted by Crippen LogP contribution is -2.42. The second-order valence-electron chi connectivity index (χ2n) is 10.2. The number of ether oxygens (including phenoxy) is 4. The van der Waals surface area contributed by atoms with Gasteiger partial charge in [-0.05, 0) is 67.8 Å². The number of carbonyl (C=O) groups is 2. The lowest BCUT2D eigenvalue weighted by molar-refractivity contribution is -0.137. The van der Waals surface area contributed by atoms with Crippen molar-refractivity contribution in [2.45, 2.75) is 38.5 Å². The number of benzene rings is 3. The highest BCUT2D eigenvalue weighted by Gasteiger charge is 2.33. The van der Waals surface area contributed by atoms with Gasteiger partial charge in [0.05, 0.1) is 20.0 Å². The molecule has 5 rings (SSSR count). The van der Waals surface area contributed by atoms with Gasteiger partial charge in [-0.15, -0.1) is 0 Å². The maximum Gasteiger partial charge on any atom is 0.251 e. The van der Waals surface area contributed by atoms with Crippen LogP contribution in [0.2, 0.25) is 0 Å². The van der Waals surface area contributed by atoms with Crippen LogP contribution < -0.4 is 24.3 Å². The summed E-state index contributed by atoms with van der Waals surface area (Å²) in [4.78, 5) is 39.0. The molecule has 1 aromatic heterocycles. The minimum absolute atomic E-state index is 0.0237. The first-order valence-corrected chi connectivity index (χ1v) is 15.0. The number of anilines is 1. The third-order valence-electron chi connectivity index (χ3n) is 7.13. The number of aromatic nitrogens is 2. The molecule has 2 amide bonds. The quantitative estimate of drug-likeness (QED) is 0.169. The van der Waals surface area contributed by atoms with Crippen molar-refractivity contribution < 1.29 is 28.5 Å². The summed E-state index contributed by atoms with van der Waals surface area (Å²) in [6.45, 7) is 6.06. The van der Waals surface area contributed by atoms with Crippen LogP contribution in [-0.4, -0.2) is 53.4 Å². The van der Waals surface area contributed by atoms with Gasteiger partial charge in [0, 0.05) is 29.7 Å². The molecule has 11 heteroatoms. The second-order valence-corrected chi connectivity index (χ2v) is 11.2. The van der Waals surface area contributed by atoms with Crippen LogP contribution in [0, 0.1) is 20.8 Å². The molecule has 1 aliphatic rings. The summed E-state index contributed by atoms with van der Waals surface area (Å²) < 4.78 is 21.9. The predicted molar refractivity (Wildman–Crippen MR) is 167 cm³/mol. The van der Waals surface area contributed by atoms with E-state index in [0.717, 1.165) is 22.5 Å². The minimum atomic E-state index is -1.03. The molecule has 0 aliphatic carbocycles. The number of methoxy groups -OCH3 is 2. The molecule has 1 aliphatic heterocycles. The Kier molecular flexibility index (Phi) is 9.54. The number of amides is 2. The Labute approximate surface area is 260 Å². The normalized spacial score (nSPS) is 12.4. The SMILES string of the molecule is COc1ccc([C@@H](C(=O)Nc2ccc3c(c2)OCO3)N(Cc2ccccc2C)C(=O)CSc2nc(C)cc(C)n2)cc1OC. The zero-order valence-electron chi connectivity index (χ0n) is 25.2. The summed E-state index contributed by atoms with van der Waals surface area (Å²) in [5, 5.41) is 3.49. The maximum absolute atomic E-state index is 14.3. The summed E-state index contributed by atoms with van der Waals surface area (Å²) >= 11 is 1.24. The number of aryl methyl sites for hydroxylation is 3. The second kappa shape index (κ2) is 13.7. The first-order valence-electron chi connectivity index (χ1n) is 14.0. The molecule has 228 valence electrons. The smallest absolute Gasteiger partial charge is 0.251 e. The molecule has 0 saturated carbocycles. The van der Waals surface area contributed by atoms with E-state index in [1.807, 2.05) is 51.1 Å². The summed E-state index contributed by atoms with van der Waals surface area (Å²) in [5.41, 5.74) is 4.60. The fourth-order valence-corrected chi connectivity index (χ4v) is 5.78. The van der Waals surface area contributed by atoms with Crippen LogP contribution in [0.1, 0.15) is 34.1 Å². The first-order chi connectivity index (χ1) is 21.2. The third kappa shape index (κ3) is 7.05. The zero-order chi connectivity index (χ0) is 31.2. The van der Waals surface area contributed by atoms with Crippen molar-refractivity contribution in [1.82, 2.24) is 14.9 Å². The number of hydrogen-bond acceptors (Lipinski definition) is 9. The van der Waals surface area contributed by atoms with Crippen molar-refractivity contribution in [2.24, 2.45) is 0 Å². The largest absolute Gasteiger partial charge is 0.493 e. The molecular weight excluding hydrogens is 580 g/mol. The zero-order valence-corrected chi connectivity index (χ0v) is 26.1. The van der Waals surface area contributed by atoms with Crippen molar-refractivity contribution >= 4 is 29.3 Å². The molecule has 0 saturated heterocycles. The maximum atomic E-state index is 14.3. The average molecular weight is 615 g/mol. The van der Waals surface area contributed by atoms with Crippen LogP contribution >= 0.6 is 11.8 Å². The Hall–Kier alpha value is -4.77. The van der Waals surface area contributed by atoms with Gasteiger partial charge >= 0.3 is 0 Å². The number of nitrogens with one attached hydrogen (secondary N) is 1. The molecule has 0 spiro atoms. The molecule has 0 unspecified atom stereocenters. The fourth-order valence-electron chi connectivity index (χ4n) is 4.94. The predicted octanol–water partition coefficient (Wildman–Crippen LogP) is 5.65. The summed E-state index contributed by atoms with van der Waals surface area (Å²) in [5.74, 6) is 1.42. The number of nitrogens with zero attached hydrogens (tertiary/aromatic N) is 3. The van der Waals surface area contributed by atoms with E-state index >= 15 is 0 Å². The Morgan fingerprint density at radius 2 is 1.64 bits per heavy atom. The molecule has 0 radical (unpaired) electrons. The summed E-state index contributed by atoms with van der Waals surface area (Å²) in [7, 11) is 3.07. The van der Waals surface area contributed by atoms with Gasteiger partial charge in [-0.25, -0.2) is 9.97 Å². The molecule has 0 fully saturated rings. The van der Waals surface area contributed by atoms with Crippen molar-refractivity contribution in [3.05, 3.63) is 94.8 Å². The van der Waals surface area contributed by atoms with Gasteiger partial charge < -0.3 is 29.2 Å². The summed E-state index contributed by atoms with van der Waals surface area (Å²) in [6, 6.07) is 19.0. The van der Waals surface area contributed by atoms with Crippen molar-refractivity contribution in [1.29, 1.82) is 0 Å². The average Bonchev–Trinajstić information content (AvgIpc) is 3.48. The number of rotatable bonds is 11. The Morgan fingerprint density at radius 3 is 2.36 bits per heavy atom. The Morgan fingerprint density at radius 1 is 0.909 bits per heavy atom. The van der Waals surface area contributed by atoms with Crippen LogP contribution in [0.3, 0.4) is 0 Å². The van der Waals surface area contributed by atoms with Gasteiger partial charge in [-0.3, -0.25) is 9.59 Å². The van der Waals surface area contributed by atoms with E-state index < -0.39 is 11.9 Å². The Bertz CT molecular complexity index is 1660. The van der Waals surface area contributed by atoms with Crippen molar-refractivity contribution in [2.75, 3.05) is 32.1 Å². The highest BCUT2D eigenvalue weighted by molar-refractivity contribution is 7.99. The molecule has 0 bridgehead atoms. The lowest BCUT2D eigenvalue weighted by atomic mass is 10.0. The molecule has 3 aromatic carbocycles. The Balaban J connectivity index is 1.55. The van der Waals surface area contributed by atoms with E-state index in [4.69, 9.17) is 18.9 Å². The molecule has 2 heterocycles. The van der Waals surface area contributed by atoms with Crippen LogP contribution in [0.5, 0.6) is 23.0 Å². The van der Waals surface area contributed by atoms with Crippen molar-refractivity contribution in [3.63, 3.8) is 0 Å². The van der Waals surface area contributed by atoms with Gasteiger partial charge in [0.1, 0.15) is 6.04 Å².